The number of nitrogens with one attached hydrogen (secondary N) is 1. The van der Waals surface area contributed by atoms with Crippen LogP contribution in [0.2, 0.25) is 0 Å². The van der Waals surface area contributed by atoms with Gasteiger partial charge in [-0.2, -0.15) is 0 Å². The van der Waals surface area contributed by atoms with Crippen LogP contribution < -0.4 is 10.2 Å². The minimum atomic E-state index is -0.486. The lowest BCUT2D eigenvalue weighted by atomic mass is 9.95. The Bertz CT molecular complexity index is 786. The highest BCUT2D eigenvalue weighted by molar-refractivity contribution is 6.36. The fourth-order valence-corrected chi connectivity index (χ4v) is 3.42. The van der Waals surface area contributed by atoms with Crippen molar-refractivity contribution in [2.24, 2.45) is 11.1 Å². The minimum Gasteiger partial charge on any atom is -0.461 e. The average molecular weight is 404 g/mol. The molecular weight excluding hydrogens is 380 g/mol. The lowest BCUT2D eigenvalue weighted by Gasteiger charge is -2.33. The quantitative estimate of drug-likeness (QED) is 0.416. The second-order valence-corrected chi connectivity index (χ2v) is 6.97. The zero-order valence-corrected chi connectivity index (χ0v) is 16.2. The van der Waals surface area contributed by atoms with Gasteiger partial charge in [-0.3, -0.25) is 14.9 Å². The number of non-ortho nitro benzene ring substituents is 1. The van der Waals surface area contributed by atoms with Crippen LogP contribution in [-0.2, 0) is 19.2 Å². The number of ether oxygens (including phenoxy) is 1. The smallest absolute Gasteiger partial charge is 0.356 e. The summed E-state index contributed by atoms with van der Waals surface area (Å²) in [4.78, 5) is 41.7. The largest absolute Gasteiger partial charge is 0.461 e. The second kappa shape index (κ2) is 9.35. The van der Waals surface area contributed by atoms with Crippen molar-refractivity contribution in [1.82, 2.24) is 5.32 Å². The highest BCUT2D eigenvalue weighted by atomic mass is 16.6. The molecule has 0 aromatic heterocycles. The van der Waals surface area contributed by atoms with Gasteiger partial charge in [0.2, 0.25) is 5.91 Å². The zero-order chi connectivity index (χ0) is 20.8. The molecule has 0 saturated carbocycles. The third kappa shape index (κ3) is 5.21. The van der Waals surface area contributed by atoms with Gasteiger partial charge in [0.25, 0.3) is 5.69 Å². The topological polar surface area (TPSA) is 123 Å². The van der Waals surface area contributed by atoms with Gasteiger partial charge in [0, 0.05) is 43.2 Å². The Balaban J connectivity index is 1.40. The van der Waals surface area contributed by atoms with Crippen LogP contribution in [0.15, 0.2) is 29.4 Å². The van der Waals surface area contributed by atoms with Crippen molar-refractivity contribution in [3.8, 4) is 0 Å². The molecule has 1 amide bonds. The predicted octanol–water partition coefficient (Wildman–Crippen LogP) is 1.64. The molecule has 1 aromatic carbocycles. The monoisotopic (exact) mass is 404 g/mol. The van der Waals surface area contributed by atoms with Gasteiger partial charge in [0.15, 0.2) is 11.8 Å². The maximum absolute atomic E-state index is 12.4. The molecule has 2 heterocycles. The van der Waals surface area contributed by atoms with Gasteiger partial charge in [0.1, 0.15) is 0 Å². The van der Waals surface area contributed by atoms with E-state index in [1.165, 1.54) is 12.1 Å². The molecule has 0 radical (unpaired) electrons. The summed E-state index contributed by atoms with van der Waals surface area (Å²) in [6.07, 6.45) is 1.34. The number of oxime groups is 1. The molecule has 3 rings (SSSR count). The van der Waals surface area contributed by atoms with Gasteiger partial charge in [0.05, 0.1) is 18.1 Å². The van der Waals surface area contributed by atoms with Crippen LogP contribution in [0.3, 0.4) is 0 Å². The SMILES string of the molecule is CCOC(=O)C1=NO[C@@H](CNC(=O)C2CCN(c3ccc([N+](=O)[O-])cc3)CC2)C1. The average Bonchev–Trinajstić information content (AvgIpc) is 3.22. The summed E-state index contributed by atoms with van der Waals surface area (Å²) in [5, 5.41) is 17.4. The van der Waals surface area contributed by atoms with Crippen molar-refractivity contribution in [3.63, 3.8) is 0 Å². The standard InChI is InChI=1S/C19H24N4O6/c1-2-28-19(25)17-11-16(29-21-17)12-20-18(24)13-7-9-22(10-8-13)14-3-5-15(6-4-14)23(26)27/h3-6,13,16H,2,7-12H2,1H3,(H,20,24)/t16-/m1/s1. The Morgan fingerprint density at radius 1 is 1.31 bits per heavy atom. The molecule has 29 heavy (non-hydrogen) atoms. The summed E-state index contributed by atoms with van der Waals surface area (Å²) in [6, 6.07) is 6.44. The number of hydrogen-bond acceptors (Lipinski definition) is 8. The van der Waals surface area contributed by atoms with Crippen molar-refractivity contribution in [1.29, 1.82) is 0 Å². The molecule has 156 valence electrons. The molecule has 0 aliphatic carbocycles. The molecule has 1 aromatic rings. The minimum absolute atomic E-state index is 0.0402. The highest BCUT2D eigenvalue weighted by Crippen LogP contribution is 2.25. The summed E-state index contributed by atoms with van der Waals surface area (Å²) >= 11 is 0. The number of piperidine rings is 1. The first kappa shape index (κ1) is 20.6. The molecule has 1 saturated heterocycles. The molecule has 2 aliphatic rings. The van der Waals surface area contributed by atoms with Crippen molar-refractivity contribution < 1.29 is 24.1 Å². The first-order chi connectivity index (χ1) is 14.0. The third-order valence-corrected chi connectivity index (χ3v) is 5.04. The number of carbonyl (C=O) groups is 2. The molecule has 1 atom stereocenters. The molecule has 1 fully saturated rings. The summed E-state index contributed by atoms with van der Waals surface area (Å²) in [6.45, 7) is 3.68. The summed E-state index contributed by atoms with van der Waals surface area (Å²) < 4.78 is 4.88. The van der Waals surface area contributed by atoms with E-state index < -0.39 is 10.9 Å². The van der Waals surface area contributed by atoms with E-state index in [0.29, 0.717) is 32.4 Å². The Kier molecular flexibility index (Phi) is 6.63. The number of anilines is 1. The van der Waals surface area contributed by atoms with E-state index >= 15 is 0 Å². The lowest BCUT2D eigenvalue weighted by Crippen LogP contribution is -2.42. The number of amides is 1. The van der Waals surface area contributed by atoms with Crippen LogP contribution in [-0.4, -0.2) is 54.9 Å². The molecule has 10 heteroatoms. The van der Waals surface area contributed by atoms with Crippen LogP contribution in [0.25, 0.3) is 0 Å². The molecule has 10 nitrogen and oxygen atoms in total. The summed E-state index contributed by atoms with van der Waals surface area (Å²) in [7, 11) is 0. The Labute approximate surface area is 168 Å². The van der Waals surface area contributed by atoms with E-state index in [4.69, 9.17) is 9.57 Å². The van der Waals surface area contributed by atoms with E-state index in [-0.39, 0.29) is 42.5 Å². The van der Waals surface area contributed by atoms with E-state index in [1.807, 2.05) is 0 Å². The number of benzene rings is 1. The van der Waals surface area contributed by atoms with E-state index in [9.17, 15) is 19.7 Å². The Morgan fingerprint density at radius 2 is 2.00 bits per heavy atom. The molecular formula is C19H24N4O6. The van der Waals surface area contributed by atoms with Crippen LogP contribution in [0.1, 0.15) is 26.2 Å². The zero-order valence-electron chi connectivity index (χ0n) is 16.2. The van der Waals surface area contributed by atoms with Crippen molar-refractivity contribution in [2.45, 2.75) is 32.3 Å². The van der Waals surface area contributed by atoms with Gasteiger partial charge >= 0.3 is 5.97 Å². The van der Waals surface area contributed by atoms with Gasteiger partial charge < -0.3 is 19.8 Å². The fourth-order valence-electron chi connectivity index (χ4n) is 3.42. The van der Waals surface area contributed by atoms with E-state index in [1.54, 1.807) is 19.1 Å². The first-order valence-electron chi connectivity index (χ1n) is 9.64. The van der Waals surface area contributed by atoms with Crippen LogP contribution in [0.5, 0.6) is 0 Å². The van der Waals surface area contributed by atoms with Crippen LogP contribution in [0, 0.1) is 16.0 Å². The molecule has 0 unspecified atom stereocenters. The molecule has 0 bridgehead atoms. The maximum Gasteiger partial charge on any atom is 0.356 e. The number of nitro benzene ring substituents is 1. The fraction of sp³-hybridized carbons (Fsp3) is 0.526. The molecule has 2 aliphatic heterocycles. The third-order valence-electron chi connectivity index (χ3n) is 5.04. The Hall–Kier alpha value is -3.17. The molecule has 0 spiro atoms. The Morgan fingerprint density at radius 3 is 2.62 bits per heavy atom. The van der Waals surface area contributed by atoms with Crippen molar-refractivity contribution in [2.75, 3.05) is 31.1 Å². The van der Waals surface area contributed by atoms with Crippen molar-refractivity contribution in [3.05, 3.63) is 34.4 Å². The normalized spacial score (nSPS) is 19.3. The molecule has 1 N–H and O–H groups in total. The van der Waals surface area contributed by atoms with Crippen LogP contribution >= 0.6 is 0 Å². The van der Waals surface area contributed by atoms with E-state index in [2.05, 4.69) is 15.4 Å². The predicted molar refractivity (Wildman–Crippen MR) is 105 cm³/mol. The number of nitro groups is 1. The van der Waals surface area contributed by atoms with E-state index in [0.717, 1.165) is 5.69 Å². The first-order valence-corrected chi connectivity index (χ1v) is 9.64. The maximum atomic E-state index is 12.4. The number of carbonyl (C=O) groups excluding carboxylic acids is 2. The van der Waals surface area contributed by atoms with Crippen molar-refractivity contribution >= 4 is 29.0 Å². The van der Waals surface area contributed by atoms with Gasteiger partial charge in [-0.25, -0.2) is 4.79 Å². The van der Waals surface area contributed by atoms with Gasteiger partial charge in [-0.1, -0.05) is 5.16 Å². The lowest BCUT2D eigenvalue weighted by molar-refractivity contribution is -0.384. The van der Waals surface area contributed by atoms with Gasteiger partial charge in [-0.15, -0.1) is 0 Å². The summed E-state index contributed by atoms with van der Waals surface area (Å²) in [5.74, 6) is -0.627. The van der Waals surface area contributed by atoms with Crippen LogP contribution in [0.4, 0.5) is 11.4 Å². The van der Waals surface area contributed by atoms with Gasteiger partial charge in [-0.05, 0) is 31.9 Å². The number of hydrogen-bond donors (Lipinski definition) is 1. The number of rotatable bonds is 7. The number of nitrogens with zero attached hydrogens (tertiary/aromatic N) is 3. The number of esters is 1. The summed E-state index contributed by atoms with van der Waals surface area (Å²) in [5.41, 5.74) is 1.22. The highest BCUT2D eigenvalue weighted by Gasteiger charge is 2.29. The second-order valence-electron chi connectivity index (χ2n) is 6.97.